The normalized spacial score (nSPS) is 19.0. The van der Waals surface area contributed by atoms with Crippen LogP contribution in [0.2, 0.25) is 0 Å². The molecule has 0 saturated carbocycles. The molecule has 0 fully saturated rings. The summed E-state index contributed by atoms with van der Waals surface area (Å²) in [4.78, 5) is 11.5. The van der Waals surface area contributed by atoms with Gasteiger partial charge in [0.05, 0.1) is 20.3 Å². The van der Waals surface area contributed by atoms with E-state index in [1.807, 2.05) is 30.3 Å². The molecular formula is C14H17NO3. The van der Waals surface area contributed by atoms with Gasteiger partial charge in [-0.2, -0.15) is 0 Å². The summed E-state index contributed by atoms with van der Waals surface area (Å²) in [5.74, 6) is 0.585. The maximum atomic E-state index is 11.5. The molecule has 4 nitrogen and oxygen atoms in total. The van der Waals surface area contributed by atoms with Crippen LogP contribution < -0.4 is 10.1 Å². The number of methoxy groups -OCH3 is 2. The predicted octanol–water partition coefficient (Wildman–Crippen LogP) is 1.83. The first-order chi connectivity index (χ1) is 8.74. The number of rotatable bonds is 3. The zero-order valence-corrected chi connectivity index (χ0v) is 10.6. The van der Waals surface area contributed by atoms with Crippen LogP contribution >= 0.6 is 0 Å². The Balaban J connectivity index is 2.19. The molecule has 0 radical (unpaired) electrons. The molecule has 0 aliphatic carbocycles. The Morgan fingerprint density at radius 2 is 2.00 bits per heavy atom. The molecule has 1 atom stereocenters. The second-order valence-corrected chi connectivity index (χ2v) is 4.14. The molecule has 1 aromatic rings. The topological polar surface area (TPSA) is 47.6 Å². The summed E-state index contributed by atoms with van der Waals surface area (Å²) in [5, 5.41) is 3.36. The van der Waals surface area contributed by atoms with E-state index in [2.05, 4.69) is 5.32 Å². The van der Waals surface area contributed by atoms with Crippen molar-refractivity contribution in [3.8, 4) is 5.75 Å². The van der Waals surface area contributed by atoms with Crippen LogP contribution in [0.15, 0.2) is 35.9 Å². The van der Waals surface area contributed by atoms with E-state index in [9.17, 15) is 4.79 Å². The minimum absolute atomic E-state index is 0.0544. The van der Waals surface area contributed by atoms with E-state index in [1.54, 1.807) is 7.11 Å². The molecule has 2 rings (SSSR count). The van der Waals surface area contributed by atoms with Gasteiger partial charge < -0.3 is 14.8 Å². The second-order valence-electron chi connectivity index (χ2n) is 4.14. The number of hydrogen-bond acceptors (Lipinski definition) is 4. The molecular weight excluding hydrogens is 230 g/mol. The molecule has 18 heavy (non-hydrogen) atoms. The predicted molar refractivity (Wildman–Crippen MR) is 68.5 cm³/mol. The Morgan fingerprint density at radius 3 is 2.61 bits per heavy atom. The fourth-order valence-corrected chi connectivity index (χ4v) is 2.03. The van der Waals surface area contributed by atoms with Gasteiger partial charge in [0, 0.05) is 12.1 Å². The fraction of sp³-hybridized carbons (Fsp3) is 0.357. The van der Waals surface area contributed by atoms with E-state index in [1.165, 1.54) is 7.11 Å². The van der Waals surface area contributed by atoms with E-state index in [4.69, 9.17) is 9.47 Å². The Hall–Kier alpha value is -1.81. The average Bonchev–Trinajstić information content (AvgIpc) is 2.46. The van der Waals surface area contributed by atoms with Gasteiger partial charge in [-0.3, -0.25) is 0 Å². The number of hydrogen-bond donors (Lipinski definition) is 1. The number of esters is 1. The van der Waals surface area contributed by atoms with Crippen LogP contribution in [0.1, 0.15) is 18.0 Å². The number of benzene rings is 1. The van der Waals surface area contributed by atoms with E-state index < -0.39 is 0 Å². The molecule has 1 aromatic carbocycles. The lowest BCUT2D eigenvalue weighted by Crippen LogP contribution is -2.27. The summed E-state index contributed by atoms with van der Waals surface area (Å²) in [6.45, 7) is 0.775. The molecule has 4 heteroatoms. The maximum absolute atomic E-state index is 11.5. The van der Waals surface area contributed by atoms with Gasteiger partial charge in [-0.15, -0.1) is 0 Å². The summed E-state index contributed by atoms with van der Waals surface area (Å²) < 4.78 is 9.88. The molecule has 0 bridgehead atoms. The fourth-order valence-electron chi connectivity index (χ4n) is 2.03. The molecule has 1 N–H and O–H groups in total. The molecule has 1 unspecified atom stereocenters. The minimum Gasteiger partial charge on any atom is -0.497 e. The minimum atomic E-state index is -0.241. The molecule has 1 heterocycles. The summed E-state index contributed by atoms with van der Waals surface area (Å²) in [5.41, 5.74) is 1.84. The van der Waals surface area contributed by atoms with Gasteiger partial charge in [0.25, 0.3) is 0 Å². The third-order valence-corrected chi connectivity index (χ3v) is 3.05. The lowest BCUT2D eigenvalue weighted by atomic mass is 9.98. The van der Waals surface area contributed by atoms with Crippen molar-refractivity contribution in [2.75, 3.05) is 20.8 Å². The van der Waals surface area contributed by atoms with Crippen LogP contribution in [0, 0.1) is 0 Å². The zero-order chi connectivity index (χ0) is 13.0. The monoisotopic (exact) mass is 247 g/mol. The highest BCUT2D eigenvalue weighted by molar-refractivity contribution is 5.88. The van der Waals surface area contributed by atoms with Crippen LogP contribution in [0.4, 0.5) is 0 Å². The van der Waals surface area contributed by atoms with Crippen LogP contribution in [-0.4, -0.2) is 26.7 Å². The summed E-state index contributed by atoms with van der Waals surface area (Å²) in [6, 6.07) is 7.87. The molecule has 96 valence electrons. The molecule has 1 aliphatic rings. The van der Waals surface area contributed by atoms with Crippen molar-refractivity contribution in [1.82, 2.24) is 5.32 Å². The van der Waals surface area contributed by atoms with Crippen molar-refractivity contribution in [1.29, 1.82) is 0 Å². The number of carbonyl (C=O) groups excluding carboxylic acids is 1. The lowest BCUT2D eigenvalue weighted by molar-refractivity contribution is -0.136. The van der Waals surface area contributed by atoms with Gasteiger partial charge in [-0.05, 0) is 24.1 Å². The first kappa shape index (κ1) is 12.6. The quantitative estimate of drug-likeness (QED) is 0.828. The summed E-state index contributed by atoms with van der Waals surface area (Å²) in [6.07, 6.45) is 2.64. The van der Waals surface area contributed by atoms with Gasteiger partial charge in [0.15, 0.2) is 0 Å². The standard InChI is InChI=1S/C14H17NO3/c1-17-12-5-3-10(4-6-12)13-9-11(7-8-15-13)14(16)18-2/h3-6,9,13,15H,7-8H2,1-2H3. The van der Waals surface area contributed by atoms with Crippen LogP contribution in [0.5, 0.6) is 5.75 Å². The van der Waals surface area contributed by atoms with Crippen molar-refractivity contribution in [3.05, 3.63) is 41.5 Å². The van der Waals surface area contributed by atoms with Gasteiger partial charge in [0.2, 0.25) is 0 Å². The SMILES string of the molecule is COC(=O)C1=CC(c2ccc(OC)cc2)NCC1. The number of ether oxygens (including phenoxy) is 2. The van der Waals surface area contributed by atoms with Crippen molar-refractivity contribution in [2.24, 2.45) is 0 Å². The van der Waals surface area contributed by atoms with Crippen LogP contribution in [0.25, 0.3) is 0 Å². The Morgan fingerprint density at radius 1 is 1.28 bits per heavy atom. The first-order valence-corrected chi connectivity index (χ1v) is 5.91. The highest BCUT2D eigenvalue weighted by atomic mass is 16.5. The van der Waals surface area contributed by atoms with E-state index >= 15 is 0 Å². The van der Waals surface area contributed by atoms with Crippen molar-refractivity contribution in [3.63, 3.8) is 0 Å². The number of carbonyl (C=O) groups is 1. The van der Waals surface area contributed by atoms with Crippen molar-refractivity contribution >= 4 is 5.97 Å². The average molecular weight is 247 g/mol. The van der Waals surface area contributed by atoms with E-state index in [0.29, 0.717) is 6.42 Å². The lowest BCUT2D eigenvalue weighted by Gasteiger charge is -2.22. The summed E-state index contributed by atoms with van der Waals surface area (Å²) in [7, 11) is 3.05. The van der Waals surface area contributed by atoms with Crippen molar-refractivity contribution < 1.29 is 14.3 Å². The maximum Gasteiger partial charge on any atom is 0.333 e. The Labute approximate surface area is 107 Å². The Kier molecular flexibility index (Phi) is 3.99. The van der Waals surface area contributed by atoms with Crippen LogP contribution in [-0.2, 0) is 9.53 Å². The van der Waals surface area contributed by atoms with Gasteiger partial charge in [-0.1, -0.05) is 18.2 Å². The first-order valence-electron chi connectivity index (χ1n) is 5.91. The zero-order valence-electron chi connectivity index (χ0n) is 10.6. The van der Waals surface area contributed by atoms with Gasteiger partial charge in [-0.25, -0.2) is 4.79 Å². The van der Waals surface area contributed by atoms with Gasteiger partial charge in [0.1, 0.15) is 5.75 Å². The largest absolute Gasteiger partial charge is 0.497 e. The molecule has 0 amide bonds. The highest BCUT2D eigenvalue weighted by Crippen LogP contribution is 2.23. The highest BCUT2D eigenvalue weighted by Gasteiger charge is 2.19. The number of nitrogens with one attached hydrogen (secondary N) is 1. The Bertz CT molecular complexity index is 451. The van der Waals surface area contributed by atoms with Crippen molar-refractivity contribution in [2.45, 2.75) is 12.5 Å². The van der Waals surface area contributed by atoms with Crippen LogP contribution in [0.3, 0.4) is 0 Å². The molecule has 0 spiro atoms. The van der Waals surface area contributed by atoms with E-state index in [0.717, 1.165) is 23.4 Å². The summed E-state index contributed by atoms with van der Waals surface area (Å²) >= 11 is 0. The second kappa shape index (κ2) is 5.69. The van der Waals surface area contributed by atoms with Gasteiger partial charge >= 0.3 is 5.97 Å². The molecule has 0 aromatic heterocycles. The molecule has 0 saturated heterocycles. The van der Waals surface area contributed by atoms with E-state index in [-0.39, 0.29) is 12.0 Å². The smallest absolute Gasteiger partial charge is 0.333 e. The molecule has 1 aliphatic heterocycles. The third-order valence-electron chi connectivity index (χ3n) is 3.05. The third kappa shape index (κ3) is 2.71.